The van der Waals surface area contributed by atoms with E-state index in [-0.39, 0.29) is 22.0 Å². The summed E-state index contributed by atoms with van der Waals surface area (Å²) in [6.45, 7) is 0.700. The molecule has 2 aromatic heterocycles. The number of sulfonamides is 1. The lowest BCUT2D eigenvalue weighted by Crippen LogP contribution is -2.40. The summed E-state index contributed by atoms with van der Waals surface area (Å²) in [6.07, 6.45) is 5.17. The zero-order chi connectivity index (χ0) is 21.1. The molecule has 30 heavy (non-hydrogen) atoms. The predicted molar refractivity (Wildman–Crippen MR) is 110 cm³/mol. The molecular formula is C19H20N6O4S. The van der Waals surface area contributed by atoms with Crippen LogP contribution in [0.4, 0.5) is 11.5 Å². The lowest BCUT2D eigenvalue weighted by atomic mass is 9.99. The van der Waals surface area contributed by atoms with Crippen LogP contribution in [-0.2, 0) is 10.0 Å². The Kier molecular flexibility index (Phi) is 4.09. The molecule has 3 heterocycles. The van der Waals surface area contributed by atoms with Crippen molar-refractivity contribution in [1.29, 1.82) is 0 Å². The highest BCUT2D eigenvalue weighted by Crippen LogP contribution is 2.55. The van der Waals surface area contributed by atoms with Crippen molar-refractivity contribution in [2.75, 3.05) is 25.0 Å². The molecule has 1 aromatic carbocycles. The van der Waals surface area contributed by atoms with Gasteiger partial charge >= 0.3 is 0 Å². The number of anilines is 1. The van der Waals surface area contributed by atoms with Crippen LogP contribution in [-0.4, -0.2) is 58.8 Å². The van der Waals surface area contributed by atoms with Crippen molar-refractivity contribution in [2.24, 2.45) is 5.41 Å². The van der Waals surface area contributed by atoms with Gasteiger partial charge in [0.25, 0.3) is 5.69 Å². The van der Waals surface area contributed by atoms with Gasteiger partial charge in [0.1, 0.15) is 17.8 Å². The monoisotopic (exact) mass is 428 g/mol. The van der Waals surface area contributed by atoms with Gasteiger partial charge in [0.15, 0.2) is 0 Å². The maximum atomic E-state index is 13.3. The van der Waals surface area contributed by atoms with Gasteiger partial charge < -0.3 is 9.88 Å². The highest BCUT2D eigenvalue weighted by Gasteiger charge is 2.59. The molecule has 0 radical (unpaired) electrons. The number of hydrogen-bond acceptors (Lipinski definition) is 7. The second kappa shape index (κ2) is 6.47. The summed E-state index contributed by atoms with van der Waals surface area (Å²) in [5.74, 6) is 0.757. The first-order valence-electron chi connectivity index (χ1n) is 9.57. The molecule has 1 atom stereocenters. The number of benzene rings is 1. The normalized spacial score (nSPS) is 20.6. The van der Waals surface area contributed by atoms with Crippen molar-refractivity contribution in [3.05, 3.63) is 53.0 Å². The molecule has 1 saturated carbocycles. The highest BCUT2D eigenvalue weighted by molar-refractivity contribution is 7.89. The Morgan fingerprint density at radius 1 is 1.30 bits per heavy atom. The summed E-state index contributed by atoms with van der Waals surface area (Å²) in [5, 5.41) is 12.0. The first-order valence-corrected chi connectivity index (χ1v) is 11.0. The van der Waals surface area contributed by atoms with Crippen LogP contribution in [0.5, 0.6) is 0 Å². The third-order valence-corrected chi connectivity index (χ3v) is 8.08. The molecule has 1 saturated heterocycles. The summed E-state index contributed by atoms with van der Waals surface area (Å²) in [6, 6.07) is 7.10. The molecule has 1 spiro atoms. The number of nitrogens with one attached hydrogen (secondary N) is 1. The second-order valence-electron chi connectivity index (χ2n) is 7.98. The fourth-order valence-corrected chi connectivity index (χ4v) is 6.05. The van der Waals surface area contributed by atoms with E-state index >= 15 is 0 Å². The molecule has 11 heteroatoms. The van der Waals surface area contributed by atoms with Crippen molar-refractivity contribution in [3.63, 3.8) is 0 Å². The number of fused-ring (bicyclic) bond motifs is 1. The Labute approximate surface area is 172 Å². The SMILES string of the molecule is CN(c1ncnc2[nH]ccc12)[C@H]1CN(S(=O)(=O)c2cccc([N+](=O)[O-])c2)CC12CC2. The Bertz CT molecular complexity index is 1250. The minimum absolute atomic E-state index is 0.0426. The molecule has 10 nitrogen and oxygen atoms in total. The Balaban J connectivity index is 1.47. The first kappa shape index (κ1) is 18.9. The van der Waals surface area contributed by atoms with Gasteiger partial charge in [-0.3, -0.25) is 10.1 Å². The number of nitro benzene ring substituents is 1. The number of hydrogen-bond donors (Lipinski definition) is 1. The van der Waals surface area contributed by atoms with Crippen LogP contribution in [0.15, 0.2) is 47.8 Å². The third-order valence-electron chi connectivity index (χ3n) is 6.27. The largest absolute Gasteiger partial charge is 0.354 e. The van der Waals surface area contributed by atoms with Gasteiger partial charge in [-0.25, -0.2) is 18.4 Å². The second-order valence-corrected chi connectivity index (χ2v) is 9.92. The van der Waals surface area contributed by atoms with E-state index in [1.165, 1.54) is 28.8 Å². The number of rotatable bonds is 5. The van der Waals surface area contributed by atoms with E-state index in [0.717, 1.165) is 35.8 Å². The number of H-pyrrole nitrogens is 1. The van der Waals surface area contributed by atoms with E-state index in [4.69, 9.17) is 0 Å². The lowest BCUT2D eigenvalue weighted by Gasteiger charge is -2.30. The van der Waals surface area contributed by atoms with Gasteiger partial charge in [0, 0.05) is 43.9 Å². The summed E-state index contributed by atoms with van der Waals surface area (Å²) < 4.78 is 28.0. The first-order chi connectivity index (χ1) is 14.3. The van der Waals surface area contributed by atoms with Crippen LogP contribution in [0.3, 0.4) is 0 Å². The van der Waals surface area contributed by atoms with Crippen LogP contribution in [0.25, 0.3) is 11.0 Å². The topological polar surface area (TPSA) is 125 Å². The van der Waals surface area contributed by atoms with Crippen molar-refractivity contribution < 1.29 is 13.3 Å². The predicted octanol–water partition coefficient (Wildman–Crippen LogP) is 2.16. The number of aromatic nitrogens is 3. The standard InChI is InChI=1S/C19H20N6O4S/c1-23(18-15-5-8-20-17(15)21-12-22-18)16-10-24(11-19(16)6-7-19)30(28,29)14-4-2-3-13(9-14)25(26)27/h2-5,8-9,12,16H,6-7,10-11H2,1H3,(H,20,21,22)/t16-/m0/s1. The van der Waals surface area contributed by atoms with E-state index in [1.54, 1.807) is 6.20 Å². The van der Waals surface area contributed by atoms with Crippen molar-refractivity contribution in [2.45, 2.75) is 23.8 Å². The number of nitro groups is 1. The zero-order valence-electron chi connectivity index (χ0n) is 16.2. The van der Waals surface area contributed by atoms with E-state index in [2.05, 4.69) is 15.0 Å². The summed E-state index contributed by atoms with van der Waals surface area (Å²) >= 11 is 0. The highest BCUT2D eigenvalue weighted by atomic mass is 32.2. The van der Waals surface area contributed by atoms with Gasteiger partial charge in [-0.05, 0) is 25.0 Å². The molecule has 2 fully saturated rings. The molecule has 0 amide bonds. The van der Waals surface area contributed by atoms with Crippen LogP contribution in [0, 0.1) is 15.5 Å². The quantitative estimate of drug-likeness (QED) is 0.487. The van der Waals surface area contributed by atoms with Gasteiger partial charge in [0.05, 0.1) is 21.2 Å². The Morgan fingerprint density at radius 2 is 2.10 bits per heavy atom. The molecule has 0 unspecified atom stereocenters. The summed E-state index contributed by atoms with van der Waals surface area (Å²) in [5.41, 5.74) is 0.368. The molecule has 5 rings (SSSR count). The average molecular weight is 428 g/mol. The number of nitrogens with zero attached hydrogens (tertiary/aromatic N) is 5. The molecule has 0 bridgehead atoms. The fraction of sp³-hybridized carbons (Fsp3) is 0.368. The van der Waals surface area contributed by atoms with Gasteiger partial charge in [-0.2, -0.15) is 4.31 Å². The Hall–Kier alpha value is -3.05. The Morgan fingerprint density at radius 3 is 2.83 bits per heavy atom. The van der Waals surface area contributed by atoms with Gasteiger partial charge in [0.2, 0.25) is 10.0 Å². The van der Waals surface area contributed by atoms with Crippen LogP contribution in [0.1, 0.15) is 12.8 Å². The number of non-ortho nitro benzene ring substituents is 1. The smallest absolute Gasteiger partial charge is 0.270 e. The van der Waals surface area contributed by atoms with Crippen molar-refractivity contribution >= 4 is 32.6 Å². The molecule has 1 aliphatic carbocycles. The molecule has 2 aliphatic rings. The molecule has 156 valence electrons. The number of aromatic amines is 1. The maximum Gasteiger partial charge on any atom is 0.270 e. The molecule has 3 aromatic rings. The van der Waals surface area contributed by atoms with E-state index in [9.17, 15) is 18.5 Å². The van der Waals surface area contributed by atoms with Crippen LogP contribution < -0.4 is 4.90 Å². The average Bonchev–Trinajstić information content (AvgIpc) is 3.17. The molecule has 1 N–H and O–H groups in total. The summed E-state index contributed by atoms with van der Waals surface area (Å²) in [7, 11) is -1.91. The number of likely N-dealkylation sites (N-methyl/N-ethyl adjacent to an activating group) is 1. The molecular weight excluding hydrogens is 408 g/mol. The summed E-state index contributed by atoms with van der Waals surface area (Å²) in [4.78, 5) is 24.2. The minimum atomic E-state index is -3.84. The maximum absolute atomic E-state index is 13.3. The van der Waals surface area contributed by atoms with Gasteiger partial charge in [-0.1, -0.05) is 6.07 Å². The third kappa shape index (κ3) is 2.84. The fourth-order valence-electron chi connectivity index (χ4n) is 4.47. The van der Waals surface area contributed by atoms with Crippen molar-refractivity contribution in [1.82, 2.24) is 19.3 Å². The molecule has 1 aliphatic heterocycles. The lowest BCUT2D eigenvalue weighted by molar-refractivity contribution is -0.385. The van der Waals surface area contributed by atoms with E-state index in [0.29, 0.717) is 13.1 Å². The van der Waals surface area contributed by atoms with E-state index in [1.807, 2.05) is 18.0 Å². The zero-order valence-corrected chi connectivity index (χ0v) is 17.0. The van der Waals surface area contributed by atoms with Crippen molar-refractivity contribution in [3.8, 4) is 0 Å². The minimum Gasteiger partial charge on any atom is -0.354 e. The van der Waals surface area contributed by atoms with Gasteiger partial charge in [-0.15, -0.1) is 0 Å². The van der Waals surface area contributed by atoms with Crippen LogP contribution in [0.2, 0.25) is 0 Å². The van der Waals surface area contributed by atoms with E-state index < -0.39 is 14.9 Å². The van der Waals surface area contributed by atoms with Crippen LogP contribution >= 0.6 is 0 Å².